The zero-order valence-corrected chi connectivity index (χ0v) is 10.5. The van der Waals surface area contributed by atoms with Crippen molar-refractivity contribution in [2.45, 2.75) is 44.9 Å². The monoisotopic (exact) mass is 260 g/mol. The van der Waals surface area contributed by atoms with Gasteiger partial charge in [0.05, 0.1) is 0 Å². The van der Waals surface area contributed by atoms with Crippen LogP contribution in [0.1, 0.15) is 44.9 Å². The van der Waals surface area contributed by atoms with E-state index in [2.05, 4.69) is 29.1 Å². The van der Waals surface area contributed by atoms with Gasteiger partial charge in [-0.2, -0.15) is 0 Å². The van der Waals surface area contributed by atoms with E-state index in [1.165, 1.54) is 19.3 Å². The lowest BCUT2D eigenvalue weighted by atomic mass is 9.85. The van der Waals surface area contributed by atoms with E-state index in [1.54, 1.807) is 0 Å². The van der Waals surface area contributed by atoms with E-state index < -0.39 is 0 Å². The maximum absolute atomic E-state index is 11.5. The van der Waals surface area contributed by atoms with Crippen LogP contribution in [-0.4, -0.2) is 11.1 Å². The van der Waals surface area contributed by atoms with Gasteiger partial charge >= 0.3 is 0 Å². The molecule has 0 saturated heterocycles. The summed E-state index contributed by atoms with van der Waals surface area (Å²) in [6.07, 6.45) is 7.98. The van der Waals surface area contributed by atoms with Crippen molar-refractivity contribution in [1.29, 1.82) is 0 Å². The highest BCUT2D eigenvalue weighted by Crippen LogP contribution is 2.25. The second-order valence-corrected chi connectivity index (χ2v) is 4.39. The van der Waals surface area contributed by atoms with Crippen molar-refractivity contribution in [2.75, 3.05) is 5.33 Å². The Balaban J connectivity index is 0.000000791. The first-order valence-corrected chi connectivity index (χ1v) is 6.55. The minimum absolute atomic E-state index is 0.415. The third kappa shape index (κ3) is 5.58. The molecule has 0 amide bonds. The third-order valence-electron chi connectivity index (χ3n) is 2.62. The molecule has 0 atom stereocenters. The van der Waals surface area contributed by atoms with E-state index >= 15 is 0 Å². The summed E-state index contributed by atoms with van der Waals surface area (Å²) in [6, 6.07) is 0. The van der Waals surface area contributed by atoms with Gasteiger partial charge in [0, 0.05) is 17.7 Å². The Morgan fingerprint density at radius 3 is 2.29 bits per heavy atom. The molecule has 1 rings (SSSR count). The number of alkyl halides is 1. The van der Waals surface area contributed by atoms with Crippen LogP contribution in [0.5, 0.6) is 0 Å². The lowest BCUT2D eigenvalue weighted by Gasteiger charge is -2.19. The summed E-state index contributed by atoms with van der Waals surface area (Å²) >= 11 is 3.35. The normalized spacial score (nSPS) is 16.9. The molecule has 0 aromatic rings. The number of hydrogen-bond acceptors (Lipinski definition) is 1. The standard InChI is InChI=1S/C10H17BrO.C2H4/c11-8-4-7-10(12)9-5-2-1-3-6-9;1-2/h9H,1-8H2;1-2H2. The predicted molar refractivity (Wildman–Crippen MR) is 65.9 cm³/mol. The van der Waals surface area contributed by atoms with Crippen molar-refractivity contribution in [2.24, 2.45) is 5.92 Å². The summed E-state index contributed by atoms with van der Waals surface area (Å²) in [5.74, 6) is 0.923. The second kappa shape index (κ2) is 9.45. The van der Waals surface area contributed by atoms with Gasteiger partial charge in [-0.1, -0.05) is 35.2 Å². The Morgan fingerprint density at radius 1 is 1.21 bits per heavy atom. The molecule has 0 bridgehead atoms. The summed E-state index contributed by atoms with van der Waals surface area (Å²) < 4.78 is 0. The van der Waals surface area contributed by atoms with Gasteiger partial charge in [0.15, 0.2) is 0 Å². The number of halogens is 1. The SMILES string of the molecule is C=C.O=C(CCCBr)C1CCCCC1. The third-order valence-corrected chi connectivity index (χ3v) is 3.18. The number of carbonyl (C=O) groups is 1. The van der Waals surface area contributed by atoms with Crippen molar-refractivity contribution < 1.29 is 4.79 Å². The fourth-order valence-electron chi connectivity index (χ4n) is 1.87. The highest BCUT2D eigenvalue weighted by molar-refractivity contribution is 9.09. The van der Waals surface area contributed by atoms with Gasteiger partial charge in [0.25, 0.3) is 0 Å². The van der Waals surface area contributed by atoms with Crippen LogP contribution >= 0.6 is 15.9 Å². The van der Waals surface area contributed by atoms with E-state index in [-0.39, 0.29) is 0 Å². The van der Waals surface area contributed by atoms with Gasteiger partial charge in [-0.15, -0.1) is 13.2 Å². The van der Waals surface area contributed by atoms with Crippen LogP contribution in [0.25, 0.3) is 0 Å². The number of rotatable bonds is 4. The fraction of sp³-hybridized carbons (Fsp3) is 0.750. The van der Waals surface area contributed by atoms with E-state index in [4.69, 9.17) is 0 Å². The molecule has 82 valence electrons. The zero-order chi connectivity index (χ0) is 10.8. The molecule has 1 nitrogen and oxygen atoms in total. The van der Waals surface area contributed by atoms with Gasteiger partial charge in [0.1, 0.15) is 5.78 Å². The summed E-state index contributed by atoms with van der Waals surface area (Å²) in [6.45, 7) is 6.00. The minimum Gasteiger partial charge on any atom is -0.299 e. The Kier molecular flexibility index (Phi) is 9.37. The average Bonchev–Trinajstić information content (AvgIpc) is 2.30. The van der Waals surface area contributed by atoms with Crippen LogP contribution < -0.4 is 0 Å². The zero-order valence-electron chi connectivity index (χ0n) is 8.93. The smallest absolute Gasteiger partial charge is 0.136 e. The van der Waals surface area contributed by atoms with Crippen LogP contribution in [0.4, 0.5) is 0 Å². The van der Waals surface area contributed by atoms with Crippen LogP contribution in [-0.2, 0) is 4.79 Å². The fourth-order valence-corrected chi connectivity index (χ4v) is 2.15. The number of carbonyl (C=O) groups excluding carboxylic acids is 1. The number of ketones is 1. The Bertz CT molecular complexity index is 150. The molecule has 0 unspecified atom stereocenters. The molecular formula is C12H21BrO. The summed E-state index contributed by atoms with van der Waals surface area (Å²) in [5.41, 5.74) is 0. The van der Waals surface area contributed by atoms with Crippen molar-refractivity contribution in [3.63, 3.8) is 0 Å². The van der Waals surface area contributed by atoms with Gasteiger partial charge < -0.3 is 0 Å². The quantitative estimate of drug-likeness (QED) is 0.549. The molecule has 0 aromatic heterocycles. The topological polar surface area (TPSA) is 17.1 Å². The van der Waals surface area contributed by atoms with Gasteiger partial charge in [-0.3, -0.25) is 4.79 Å². The van der Waals surface area contributed by atoms with E-state index in [0.29, 0.717) is 11.7 Å². The maximum atomic E-state index is 11.5. The summed E-state index contributed by atoms with van der Waals surface area (Å²) in [4.78, 5) is 11.5. The highest BCUT2D eigenvalue weighted by atomic mass is 79.9. The maximum Gasteiger partial charge on any atom is 0.136 e. The first-order chi connectivity index (χ1) is 6.84. The first kappa shape index (κ1) is 13.9. The van der Waals surface area contributed by atoms with E-state index in [0.717, 1.165) is 31.0 Å². The van der Waals surface area contributed by atoms with Crippen molar-refractivity contribution >= 4 is 21.7 Å². The Hall–Kier alpha value is -0.110. The van der Waals surface area contributed by atoms with Crippen LogP contribution in [0.3, 0.4) is 0 Å². The molecular weight excluding hydrogens is 240 g/mol. The lowest BCUT2D eigenvalue weighted by Crippen LogP contribution is -2.17. The lowest BCUT2D eigenvalue weighted by molar-refractivity contribution is -0.123. The first-order valence-electron chi connectivity index (χ1n) is 5.43. The molecule has 0 N–H and O–H groups in total. The molecule has 1 fully saturated rings. The van der Waals surface area contributed by atoms with Crippen molar-refractivity contribution in [1.82, 2.24) is 0 Å². The molecule has 0 radical (unpaired) electrons. The molecule has 0 spiro atoms. The molecule has 0 aliphatic heterocycles. The summed E-state index contributed by atoms with van der Waals surface area (Å²) in [7, 11) is 0. The molecule has 0 heterocycles. The minimum atomic E-state index is 0.415. The van der Waals surface area contributed by atoms with E-state index in [9.17, 15) is 4.79 Å². The largest absolute Gasteiger partial charge is 0.299 e. The predicted octanol–water partition coefficient (Wildman–Crippen LogP) is 4.11. The summed E-state index contributed by atoms with van der Waals surface area (Å²) in [5, 5.41) is 0.964. The Labute approximate surface area is 96.1 Å². The molecule has 1 aliphatic rings. The molecule has 0 aromatic carbocycles. The van der Waals surface area contributed by atoms with Crippen LogP contribution in [0, 0.1) is 5.92 Å². The molecule has 2 heteroatoms. The van der Waals surface area contributed by atoms with Crippen molar-refractivity contribution in [3.05, 3.63) is 13.2 Å². The number of Topliss-reactive ketones (excluding diaryl/α,β-unsaturated/α-hetero) is 1. The van der Waals surface area contributed by atoms with Crippen molar-refractivity contribution in [3.8, 4) is 0 Å². The van der Waals surface area contributed by atoms with Gasteiger partial charge in [-0.25, -0.2) is 0 Å². The molecule has 14 heavy (non-hydrogen) atoms. The number of hydrogen-bond donors (Lipinski definition) is 0. The van der Waals surface area contributed by atoms with Crippen LogP contribution in [0.2, 0.25) is 0 Å². The second-order valence-electron chi connectivity index (χ2n) is 3.59. The van der Waals surface area contributed by atoms with Gasteiger partial charge in [0.2, 0.25) is 0 Å². The average molecular weight is 261 g/mol. The molecule has 1 saturated carbocycles. The van der Waals surface area contributed by atoms with E-state index in [1.807, 2.05) is 0 Å². The van der Waals surface area contributed by atoms with Crippen LogP contribution in [0.15, 0.2) is 13.2 Å². The Morgan fingerprint density at radius 2 is 1.79 bits per heavy atom. The molecule has 1 aliphatic carbocycles. The highest BCUT2D eigenvalue weighted by Gasteiger charge is 2.19. The van der Waals surface area contributed by atoms with Gasteiger partial charge in [-0.05, 0) is 19.3 Å².